The van der Waals surface area contributed by atoms with Crippen molar-refractivity contribution in [1.29, 1.82) is 0 Å². The van der Waals surface area contributed by atoms with Gasteiger partial charge in [-0.15, -0.1) is 0 Å². The number of nitrogen functional groups attached to an aromatic ring is 1. The molecular formula is C15H23N3O3. The summed E-state index contributed by atoms with van der Waals surface area (Å²) in [6, 6.07) is 5.13. The van der Waals surface area contributed by atoms with Crippen LogP contribution in [0.4, 0.5) is 5.69 Å². The Morgan fingerprint density at radius 3 is 2.71 bits per heavy atom. The molecule has 0 radical (unpaired) electrons. The number of aryl methyl sites for hydroxylation is 1. The van der Waals surface area contributed by atoms with Gasteiger partial charge in [0.15, 0.2) is 0 Å². The predicted molar refractivity (Wildman–Crippen MR) is 82.1 cm³/mol. The number of hydrogen-bond acceptors (Lipinski definition) is 4. The SMILES string of the molecule is COCCCNC(=O)CN(C)C(=O)c1ccc(C)c(N)c1. The molecule has 6 heteroatoms. The molecule has 0 aromatic heterocycles. The van der Waals surface area contributed by atoms with Crippen LogP contribution in [0, 0.1) is 6.92 Å². The van der Waals surface area contributed by atoms with Crippen molar-refractivity contribution < 1.29 is 14.3 Å². The van der Waals surface area contributed by atoms with Crippen LogP contribution >= 0.6 is 0 Å². The van der Waals surface area contributed by atoms with Gasteiger partial charge in [0.05, 0.1) is 6.54 Å². The Morgan fingerprint density at radius 2 is 2.10 bits per heavy atom. The molecule has 0 aliphatic heterocycles. The smallest absolute Gasteiger partial charge is 0.254 e. The van der Waals surface area contributed by atoms with Crippen molar-refractivity contribution in [2.75, 3.05) is 39.6 Å². The average molecular weight is 293 g/mol. The third-order valence-electron chi connectivity index (χ3n) is 3.10. The summed E-state index contributed by atoms with van der Waals surface area (Å²) in [4.78, 5) is 25.3. The summed E-state index contributed by atoms with van der Waals surface area (Å²) in [6.07, 6.45) is 0.744. The Hall–Kier alpha value is -2.08. The summed E-state index contributed by atoms with van der Waals surface area (Å²) in [6.45, 7) is 3.02. The molecule has 3 N–H and O–H groups in total. The number of hydrogen-bond donors (Lipinski definition) is 2. The number of rotatable bonds is 7. The van der Waals surface area contributed by atoms with E-state index >= 15 is 0 Å². The summed E-state index contributed by atoms with van der Waals surface area (Å²) in [5.74, 6) is -0.421. The molecule has 0 fully saturated rings. The lowest BCUT2D eigenvalue weighted by atomic mass is 10.1. The van der Waals surface area contributed by atoms with Crippen molar-refractivity contribution in [3.63, 3.8) is 0 Å². The van der Waals surface area contributed by atoms with Crippen LogP contribution in [-0.2, 0) is 9.53 Å². The van der Waals surface area contributed by atoms with Crippen LogP contribution in [-0.4, -0.2) is 50.6 Å². The minimum Gasteiger partial charge on any atom is -0.398 e. The summed E-state index contributed by atoms with van der Waals surface area (Å²) < 4.78 is 4.89. The van der Waals surface area contributed by atoms with Crippen molar-refractivity contribution in [1.82, 2.24) is 10.2 Å². The number of likely N-dealkylation sites (N-methyl/N-ethyl adjacent to an activating group) is 1. The standard InChI is InChI=1S/C15H23N3O3/c1-11-5-6-12(9-13(11)16)15(20)18(2)10-14(19)17-7-4-8-21-3/h5-6,9H,4,7-8,10,16H2,1-3H3,(H,17,19). The first-order chi connectivity index (χ1) is 9.95. The van der Waals surface area contributed by atoms with Gasteiger partial charge < -0.3 is 20.7 Å². The molecule has 1 aromatic rings. The van der Waals surface area contributed by atoms with Gasteiger partial charge in [0, 0.05) is 38.6 Å². The van der Waals surface area contributed by atoms with Crippen LogP contribution in [0.2, 0.25) is 0 Å². The van der Waals surface area contributed by atoms with Gasteiger partial charge in [-0.2, -0.15) is 0 Å². The largest absolute Gasteiger partial charge is 0.398 e. The van der Waals surface area contributed by atoms with Crippen LogP contribution < -0.4 is 11.1 Å². The minimum atomic E-state index is -0.228. The molecule has 0 heterocycles. The fourth-order valence-electron chi connectivity index (χ4n) is 1.78. The highest BCUT2D eigenvalue weighted by Gasteiger charge is 2.15. The van der Waals surface area contributed by atoms with E-state index in [2.05, 4.69) is 5.32 Å². The van der Waals surface area contributed by atoms with Gasteiger partial charge in [0.1, 0.15) is 0 Å². The number of nitrogens with zero attached hydrogens (tertiary/aromatic N) is 1. The summed E-state index contributed by atoms with van der Waals surface area (Å²) >= 11 is 0. The molecule has 0 atom stereocenters. The molecule has 116 valence electrons. The van der Waals surface area contributed by atoms with E-state index in [4.69, 9.17) is 10.5 Å². The number of benzene rings is 1. The van der Waals surface area contributed by atoms with Crippen molar-refractivity contribution >= 4 is 17.5 Å². The number of carbonyl (C=O) groups excluding carboxylic acids is 2. The first-order valence-electron chi connectivity index (χ1n) is 6.83. The molecule has 0 aliphatic carbocycles. The fourth-order valence-corrected chi connectivity index (χ4v) is 1.78. The summed E-state index contributed by atoms with van der Waals surface area (Å²) in [7, 11) is 3.20. The highest BCUT2D eigenvalue weighted by molar-refractivity contribution is 5.97. The quantitative estimate of drug-likeness (QED) is 0.575. The number of amides is 2. The van der Waals surface area contributed by atoms with E-state index in [1.54, 1.807) is 32.4 Å². The van der Waals surface area contributed by atoms with Gasteiger partial charge in [-0.1, -0.05) is 6.07 Å². The number of nitrogens with one attached hydrogen (secondary N) is 1. The number of ether oxygens (including phenoxy) is 1. The molecule has 0 aliphatic rings. The van der Waals surface area contributed by atoms with Crippen LogP contribution in [0.3, 0.4) is 0 Å². The number of nitrogens with two attached hydrogens (primary N) is 1. The van der Waals surface area contributed by atoms with Gasteiger partial charge in [0.25, 0.3) is 5.91 Å². The molecule has 0 spiro atoms. The maximum absolute atomic E-state index is 12.2. The second-order valence-corrected chi connectivity index (χ2v) is 4.93. The lowest BCUT2D eigenvalue weighted by molar-refractivity contribution is -0.121. The van der Waals surface area contributed by atoms with E-state index in [1.165, 1.54) is 4.90 Å². The Kier molecular flexibility index (Phi) is 6.68. The van der Waals surface area contributed by atoms with E-state index in [1.807, 2.05) is 6.92 Å². The van der Waals surface area contributed by atoms with Gasteiger partial charge in [-0.25, -0.2) is 0 Å². The number of carbonyl (C=O) groups is 2. The number of anilines is 1. The van der Waals surface area contributed by atoms with Gasteiger partial charge >= 0.3 is 0 Å². The van der Waals surface area contributed by atoms with E-state index in [-0.39, 0.29) is 18.4 Å². The first kappa shape index (κ1) is 17.0. The Balaban J connectivity index is 2.50. The zero-order chi connectivity index (χ0) is 15.8. The number of methoxy groups -OCH3 is 1. The Morgan fingerprint density at radius 1 is 1.38 bits per heavy atom. The first-order valence-corrected chi connectivity index (χ1v) is 6.83. The second kappa shape index (κ2) is 8.26. The summed E-state index contributed by atoms with van der Waals surface area (Å²) in [5, 5.41) is 2.74. The van der Waals surface area contributed by atoms with Crippen molar-refractivity contribution in [3.8, 4) is 0 Å². The third kappa shape index (κ3) is 5.43. The molecule has 0 saturated heterocycles. The highest BCUT2D eigenvalue weighted by atomic mass is 16.5. The second-order valence-electron chi connectivity index (χ2n) is 4.93. The molecule has 21 heavy (non-hydrogen) atoms. The van der Waals surface area contributed by atoms with E-state index < -0.39 is 0 Å². The lowest BCUT2D eigenvalue weighted by Gasteiger charge is -2.17. The van der Waals surface area contributed by atoms with Crippen LogP contribution in [0.15, 0.2) is 18.2 Å². The maximum atomic E-state index is 12.2. The van der Waals surface area contributed by atoms with Crippen LogP contribution in [0.5, 0.6) is 0 Å². The van der Waals surface area contributed by atoms with Crippen molar-refractivity contribution in [3.05, 3.63) is 29.3 Å². The van der Waals surface area contributed by atoms with E-state index in [0.29, 0.717) is 24.4 Å². The van der Waals surface area contributed by atoms with Gasteiger partial charge in [-0.05, 0) is 31.0 Å². The minimum absolute atomic E-state index is 0.0135. The molecule has 6 nitrogen and oxygen atoms in total. The predicted octanol–water partition coefficient (Wildman–Crippen LogP) is 0.802. The lowest BCUT2D eigenvalue weighted by Crippen LogP contribution is -2.38. The zero-order valence-corrected chi connectivity index (χ0v) is 12.8. The third-order valence-corrected chi connectivity index (χ3v) is 3.10. The zero-order valence-electron chi connectivity index (χ0n) is 12.8. The summed E-state index contributed by atoms with van der Waals surface area (Å²) in [5.41, 5.74) is 7.76. The molecule has 1 rings (SSSR count). The Bertz CT molecular complexity index is 503. The fraction of sp³-hybridized carbons (Fsp3) is 0.467. The van der Waals surface area contributed by atoms with E-state index in [9.17, 15) is 9.59 Å². The average Bonchev–Trinajstić information content (AvgIpc) is 2.45. The van der Waals surface area contributed by atoms with Crippen LogP contribution in [0.1, 0.15) is 22.3 Å². The van der Waals surface area contributed by atoms with E-state index in [0.717, 1.165) is 12.0 Å². The molecule has 2 amide bonds. The maximum Gasteiger partial charge on any atom is 0.254 e. The van der Waals surface area contributed by atoms with Crippen LogP contribution in [0.25, 0.3) is 0 Å². The Labute approximate surface area is 125 Å². The molecule has 1 aromatic carbocycles. The van der Waals surface area contributed by atoms with Crippen molar-refractivity contribution in [2.45, 2.75) is 13.3 Å². The molecule has 0 bridgehead atoms. The topological polar surface area (TPSA) is 84.7 Å². The van der Waals surface area contributed by atoms with Gasteiger partial charge in [0.2, 0.25) is 5.91 Å². The highest BCUT2D eigenvalue weighted by Crippen LogP contribution is 2.14. The monoisotopic (exact) mass is 293 g/mol. The molecule has 0 unspecified atom stereocenters. The normalized spacial score (nSPS) is 10.2. The molecular weight excluding hydrogens is 270 g/mol. The van der Waals surface area contributed by atoms with Gasteiger partial charge in [-0.3, -0.25) is 9.59 Å². The van der Waals surface area contributed by atoms with Crippen molar-refractivity contribution in [2.24, 2.45) is 0 Å². The molecule has 0 saturated carbocycles.